The van der Waals surface area contributed by atoms with Gasteiger partial charge in [0, 0.05) is 24.7 Å². The van der Waals surface area contributed by atoms with Crippen LogP contribution in [0.4, 0.5) is 0 Å². The number of nitrogens with one attached hydrogen (secondary N) is 1. The maximum absolute atomic E-state index is 13.0. The predicted octanol–water partition coefficient (Wildman–Crippen LogP) is 3.62. The lowest BCUT2D eigenvalue weighted by atomic mass is 9.96. The van der Waals surface area contributed by atoms with Crippen LogP contribution in [0.25, 0.3) is 0 Å². The fourth-order valence-corrected chi connectivity index (χ4v) is 3.90. The maximum Gasteiger partial charge on any atom is 0.254 e. The van der Waals surface area contributed by atoms with Crippen LogP contribution >= 0.6 is 0 Å². The SMILES string of the molecule is CC(C)c1ccc(C(N)CNC(=O)C2(C)CCCN2C(=O)c2ccccc2)cc1. The lowest BCUT2D eigenvalue weighted by molar-refractivity contribution is -0.129. The van der Waals surface area contributed by atoms with E-state index < -0.39 is 5.54 Å². The number of hydrogen-bond donors (Lipinski definition) is 2. The van der Waals surface area contributed by atoms with Crippen molar-refractivity contribution in [2.75, 3.05) is 13.1 Å². The van der Waals surface area contributed by atoms with Gasteiger partial charge in [-0.1, -0.05) is 56.3 Å². The Morgan fingerprint density at radius 1 is 1.07 bits per heavy atom. The Morgan fingerprint density at radius 3 is 2.31 bits per heavy atom. The number of benzene rings is 2. The first-order chi connectivity index (χ1) is 13.8. The number of carbonyl (C=O) groups is 2. The summed E-state index contributed by atoms with van der Waals surface area (Å²) in [7, 11) is 0. The van der Waals surface area contributed by atoms with Gasteiger partial charge in [0.05, 0.1) is 0 Å². The molecular formula is C24H31N3O2. The van der Waals surface area contributed by atoms with Crippen molar-refractivity contribution in [2.24, 2.45) is 5.73 Å². The first-order valence-corrected chi connectivity index (χ1v) is 10.3. The molecule has 0 aromatic heterocycles. The van der Waals surface area contributed by atoms with Crippen LogP contribution in [0.2, 0.25) is 0 Å². The van der Waals surface area contributed by atoms with Crippen LogP contribution in [0.5, 0.6) is 0 Å². The van der Waals surface area contributed by atoms with Gasteiger partial charge in [-0.25, -0.2) is 0 Å². The summed E-state index contributed by atoms with van der Waals surface area (Å²) < 4.78 is 0. The number of amides is 2. The van der Waals surface area contributed by atoms with Gasteiger partial charge in [-0.2, -0.15) is 0 Å². The van der Waals surface area contributed by atoms with Gasteiger partial charge in [0.1, 0.15) is 5.54 Å². The number of hydrogen-bond acceptors (Lipinski definition) is 3. The molecule has 0 bridgehead atoms. The molecule has 0 radical (unpaired) electrons. The number of likely N-dealkylation sites (tertiary alicyclic amines) is 1. The van der Waals surface area contributed by atoms with Crippen molar-refractivity contribution in [3.05, 3.63) is 71.3 Å². The largest absolute Gasteiger partial charge is 0.352 e. The lowest BCUT2D eigenvalue weighted by Crippen LogP contribution is -2.56. The van der Waals surface area contributed by atoms with E-state index in [2.05, 4.69) is 31.3 Å². The van der Waals surface area contributed by atoms with E-state index in [1.165, 1.54) is 5.56 Å². The van der Waals surface area contributed by atoms with Gasteiger partial charge in [0.25, 0.3) is 5.91 Å². The smallest absolute Gasteiger partial charge is 0.254 e. The first-order valence-electron chi connectivity index (χ1n) is 10.3. The third kappa shape index (κ3) is 4.51. The molecule has 29 heavy (non-hydrogen) atoms. The standard InChI is InChI=1S/C24H31N3O2/c1-17(2)18-10-12-19(13-11-18)21(25)16-26-23(29)24(3)14-7-15-27(24)22(28)20-8-5-4-6-9-20/h4-6,8-13,17,21H,7,14-16,25H2,1-3H3,(H,26,29). The van der Waals surface area contributed by atoms with Crippen LogP contribution < -0.4 is 11.1 Å². The Hall–Kier alpha value is -2.66. The predicted molar refractivity (Wildman–Crippen MR) is 116 cm³/mol. The molecule has 154 valence electrons. The Kier molecular flexibility index (Phi) is 6.38. The highest BCUT2D eigenvalue weighted by atomic mass is 16.2. The second kappa shape index (κ2) is 8.78. The minimum absolute atomic E-state index is 0.102. The molecule has 1 heterocycles. The van der Waals surface area contributed by atoms with Crippen molar-refractivity contribution in [3.63, 3.8) is 0 Å². The molecule has 3 N–H and O–H groups in total. The van der Waals surface area contributed by atoms with E-state index in [4.69, 9.17) is 5.73 Å². The average molecular weight is 394 g/mol. The molecule has 3 rings (SSSR count). The lowest BCUT2D eigenvalue weighted by Gasteiger charge is -2.34. The molecule has 2 unspecified atom stereocenters. The molecule has 2 amide bonds. The molecule has 0 spiro atoms. The zero-order valence-electron chi connectivity index (χ0n) is 17.5. The zero-order valence-corrected chi connectivity index (χ0v) is 17.5. The van der Waals surface area contributed by atoms with Crippen molar-refractivity contribution in [3.8, 4) is 0 Å². The molecule has 1 aliphatic rings. The van der Waals surface area contributed by atoms with Crippen molar-refractivity contribution in [2.45, 2.75) is 51.1 Å². The van der Waals surface area contributed by atoms with E-state index >= 15 is 0 Å². The summed E-state index contributed by atoms with van der Waals surface area (Å²) in [4.78, 5) is 27.7. The van der Waals surface area contributed by atoms with Crippen molar-refractivity contribution < 1.29 is 9.59 Å². The van der Waals surface area contributed by atoms with Gasteiger partial charge in [0.15, 0.2) is 0 Å². The average Bonchev–Trinajstić information content (AvgIpc) is 3.14. The Bertz CT molecular complexity index is 848. The van der Waals surface area contributed by atoms with E-state index in [-0.39, 0.29) is 17.9 Å². The second-order valence-electron chi connectivity index (χ2n) is 8.34. The monoisotopic (exact) mass is 393 g/mol. The summed E-state index contributed by atoms with van der Waals surface area (Å²) in [5, 5.41) is 2.98. The highest BCUT2D eigenvalue weighted by molar-refractivity contribution is 5.99. The molecule has 2 atom stereocenters. The van der Waals surface area contributed by atoms with Gasteiger partial charge in [-0.3, -0.25) is 9.59 Å². The molecule has 1 fully saturated rings. The Balaban J connectivity index is 1.65. The quantitative estimate of drug-likeness (QED) is 0.787. The van der Waals surface area contributed by atoms with E-state index in [0.717, 1.165) is 12.0 Å². The first kappa shape index (κ1) is 21.1. The minimum Gasteiger partial charge on any atom is -0.352 e. The summed E-state index contributed by atoms with van der Waals surface area (Å²) in [6, 6.07) is 17.1. The van der Waals surface area contributed by atoms with E-state index in [1.54, 1.807) is 17.0 Å². The van der Waals surface area contributed by atoms with Crippen molar-refractivity contribution >= 4 is 11.8 Å². The fraction of sp³-hybridized carbons (Fsp3) is 0.417. The third-order valence-corrected chi connectivity index (χ3v) is 5.91. The molecule has 1 saturated heterocycles. The maximum atomic E-state index is 13.0. The highest BCUT2D eigenvalue weighted by Gasteiger charge is 2.45. The topological polar surface area (TPSA) is 75.4 Å². The van der Waals surface area contributed by atoms with Gasteiger partial charge in [-0.05, 0) is 48.9 Å². The Morgan fingerprint density at radius 2 is 1.69 bits per heavy atom. The summed E-state index contributed by atoms with van der Waals surface area (Å²) in [6.45, 7) is 7.07. The van der Waals surface area contributed by atoms with Crippen LogP contribution in [0.15, 0.2) is 54.6 Å². The molecule has 0 saturated carbocycles. The zero-order chi connectivity index (χ0) is 21.0. The number of nitrogens with zero attached hydrogens (tertiary/aromatic N) is 1. The normalized spacial score (nSPS) is 20.0. The minimum atomic E-state index is -0.853. The fourth-order valence-electron chi connectivity index (χ4n) is 3.90. The number of rotatable bonds is 6. The molecule has 2 aromatic rings. The van der Waals surface area contributed by atoms with Gasteiger partial charge in [-0.15, -0.1) is 0 Å². The van der Waals surface area contributed by atoms with Gasteiger partial charge < -0.3 is 16.0 Å². The molecule has 5 nitrogen and oxygen atoms in total. The Labute approximate surface area is 173 Å². The van der Waals surface area contributed by atoms with Crippen LogP contribution in [0.1, 0.15) is 67.1 Å². The van der Waals surface area contributed by atoms with Crippen LogP contribution in [-0.2, 0) is 4.79 Å². The van der Waals surface area contributed by atoms with E-state index in [0.29, 0.717) is 31.0 Å². The van der Waals surface area contributed by atoms with Crippen molar-refractivity contribution in [1.82, 2.24) is 10.2 Å². The van der Waals surface area contributed by atoms with Crippen LogP contribution in [-0.4, -0.2) is 35.3 Å². The molecule has 2 aromatic carbocycles. The highest BCUT2D eigenvalue weighted by Crippen LogP contribution is 2.31. The molecule has 1 aliphatic heterocycles. The second-order valence-corrected chi connectivity index (χ2v) is 8.34. The summed E-state index contributed by atoms with van der Waals surface area (Å²) in [5.41, 5.74) is 8.31. The van der Waals surface area contributed by atoms with Gasteiger partial charge >= 0.3 is 0 Å². The van der Waals surface area contributed by atoms with Crippen LogP contribution in [0.3, 0.4) is 0 Å². The molecular weight excluding hydrogens is 362 g/mol. The summed E-state index contributed by atoms with van der Waals surface area (Å²) >= 11 is 0. The van der Waals surface area contributed by atoms with Crippen molar-refractivity contribution in [1.29, 1.82) is 0 Å². The molecule has 5 heteroatoms. The van der Waals surface area contributed by atoms with Gasteiger partial charge in [0.2, 0.25) is 5.91 Å². The van der Waals surface area contributed by atoms with Crippen LogP contribution in [0, 0.1) is 0 Å². The summed E-state index contributed by atoms with van der Waals surface area (Å²) in [6.07, 6.45) is 1.46. The number of carbonyl (C=O) groups excluding carboxylic acids is 2. The molecule has 0 aliphatic carbocycles. The number of nitrogens with two attached hydrogens (primary N) is 1. The third-order valence-electron chi connectivity index (χ3n) is 5.91. The van der Waals surface area contributed by atoms with E-state index in [9.17, 15) is 9.59 Å². The van der Waals surface area contributed by atoms with E-state index in [1.807, 2.05) is 37.3 Å². The summed E-state index contributed by atoms with van der Waals surface area (Å²) in [5.74, 6) is 0.221.